The van der Waals surface area contributed by atoms with E-state index in [0.717, 1.165) is 55.8 Å². The fraction of sp³-hybridized carbons (Fsp3) is 0.400. The Hall–Kier alpha value is -2.00. The van der Waals surface area contributed by atoms with E-state index in [9.17, 15) is 5.11 Å². The normalized spacial score (nSPS) is 18.6. The molecule has 3 nitrogen and oxygen atoms in total. The summed E-state index contributed by atoms with van der Waals surface area (Å²) in [6, 6.07) is 14.2. The zero-order valence-electron chi connectivity index (χ0n) is 13.6. The van der Waals surface area contributed by atoms with E-state index >= 15 is 0 Å². The minimum absolute atomic E-state index is 0.206. The number of hydrogen-bond donors (Lipinski definition) is 1. The second-order valence-corrected chi connectivity index (χ2v) is 6.17. The van der Waals surface area contributed by atoms with Gasteiger partial charge in [0.2, 0.25) is 0 Å². The van der Waals surface area contributed by atoms with E-state index in [1.807, 2.05) is 18.2 Å². The maximum atomic E-state index is 10.1. The molecule has 2 heterocycles. The Kier molecular flexibility index (Phi) is 5.19. The molecule has 2 aromatic carbocycles. The summed E-state index contributed by atoms with van der Waals surface area (Å²) in [5.74, 6) is 2.31. The van der Waals surface area contributed by atoms with E-state index in [-0.39, 0.29) is 6.10 Å². The predicted molar refractivity (Wildman–Crippen MR) is 91.4 cm³/mol. The number of fused-ring (bicyclic) bond motifs is 8. The molecule has 0 spiro atoms. The van der Waals surface area contributed by atoms with Crippen LogP contribution in [0.25, 0.3) is 0 Å². The number of aryl methyl sites for hydroxylation is 2. The number of ether oxygens (including phenoxy) is 2. The fourth-order valence-electron chi connectivity index (χ4n) is 2.99. The highest BCUT2D eigenvalue weighted by Gasteiger charge is 2.10. The van der Waals surface area contributed by atoms with Gasteiger partial charge in [0.05, 0.1) is 13.2 Å². The molecule has 0 radical (unpaired) electrons. The fourth-order valence-corrected chi connectivity index (χ4v) is 2.99. The lowest BCUT2D eigenvalue weighted by Gasteiger charge is -2.12. The number of hydrogen-bond acceptors (Lipinski definition) is 3. The number of aliphatic hydroxyl groups is 1. The van der Waals surface area contributed by atoms with Gasteiger partial charge in [-0.15, -0.1) is 0 Å². The molecule has 1 atom stereocenters. The highest BCUT2D eigenvalue weighted by Crippen LogP contribution is 2.33. The van der Waals surface area contributed by atoms with Crippen LogP contribution in [0.1, 0.15) is 36.8 Å². The van der Waals surface area contributed by atoms with Gasteiger partial charge in [0, 0.05) is 0 Å². The number of benzene rings is 2. The first kappa shape index (κ1) is 15.9. The minimum Gasteiger partial charge on any atom is -0.493 e. The highest BCUT2D eigenvalue weighted by atomic mass is 16.5. The molecule has 0 unspecified atom stereocenters. The highest BCUT2D eigenvalue weighted by molar-refractivity contribution is 5.45. The Balaban J connectivity index is 1.89. The Morgan fingerprint density at radius 2 is 1.74 bits per heavy atom. The lowest BCUT2D eigenvalue weighted by molar-refractivity contribution is 0.151. The summed E-state index contributed by atoms with van der Waals surface area (Å²) < 4.78 is 11.4. The molecule has 23 heavy (non-hydrogen) atoms. The molecular formula is C20H24O3. The molecule has 2 aliphatic heterocycles. The molecule has 2 aliphatic rings. The standard InChI is InChI=1S/C20H24O3/c1-22-19-13-9-16-4-2-3-5-17(21)10-6-15-7-11-18(12-8-15)23-20(19)14-16/h7-9,11-14,17,21H,2-6,10H2,1H3/t17-/m0/s1. The van der Waals surface area contributed by atoms with Crippen molar-refractivity contribution in [3.8, 4) is 17.2 Å². The van der Waals surface area contributed by atoms with Gasteiger partial charge in [-0.05, 0) is 67.5 Å². The van der Waals surface area contributed by atoms with Crippen molar-refractivity contribution in [3.05, 3.63) is 53.6 Å². The van der Waals surface area contributed by atoms with E-state index in [2.05, 4.69) is 24.3 Å². The van der Waals surface area contributed by atoms with Crippen molar-refractivity contribution in [2.75, 3.05) is 7.11 Å². The van der Waals surface area contributed by atoms with Crippen molar-refractivity contribution < 1.29 is 14.6 Å². The molecule has 0 saturated carbocycles. The summed E-state index contributed by atoms with van der Waals surface area (Å²) in [5.41, 5.74) is 2.47. The Morgan fingerprint density at radius 3 is 2.52 bits per heavy atom. The van der Waals surface area contributed by atoms with Crippen LogP contribution >= 0.6 is 0 Å². The lowest BCUT2D eigenvalue weighted by atomic mass is 10.0. The molecule has 0 aliphatic carbocycles. The van der Waals surface area contributed by atoms with Gasteiger partial charge in [-0.1, -0.05) is 24.6 Å². The third kappa shape index (κ3) is 4.26. The second-order valence-electron chi connectivity index (χ2n) is 6.17. The maximum absolute atomic E-state index is 10.1. The van der Waals surface area contributed by atoms with Crippen molar-refractivity contribution in [2.24, 2.45) is 0 Å². The summed E-state index contributed by atoms with van der Waals surface area (Å²) >= 11 is 0. The third-order valence-corrected chi connectivity index (χ3v) is 4.40. The number of aliphatic hydroxyl groups excluding tert-OH is 1. The molecule has 0 fully saturated rings. The Bertz CT molecular complexity index is 634. The molecular weight excluding hydrogens is 288 g/mol. The molecule has 3 heteroatoms. The number of methoxy groups -OCH3 is 1. The van der Waals surface area contributed by atoms with E-state index in [1.165, 1.54) is 11.1 Å². The summed E-state index contributed by atoms with van der Waals surface area (Å²) in [5, 5.41) is 10.1. The quantitative estimate of drug-likeness (QED) is 0.842. The van der Waals surface area contributed by atoms with Crippen molar-refractivity contribution in [3.63, 3.8) is 0 Å². The van der Waals surface area contributed by atoms with Crippen molar-refractivity contribution in [2.45, 2.75) is 44.6 Å². The van der Waals surface area contributed by atoms with Gasteiger partial charge in [-0.2, -0.15) is 0 Å². The lowest BCUT2D eigenvalue weighted by Crippen LogP contribution is -2.08. The largest absolute Gasteiger partial charge is 0.493 e. The molecule has 1 N–H and O–H groups in total. The molecule has 0 aromatic heterocycles. The van der Waals surface area contributed by atoms with Gasteiger partial charge >= 0.3 is 0 Å². The monoisotopic (exact) mass is 312 g/mol. The first-order valence-electron chi connectivity index (χ1n) is 8.36. The molecule has 122 valence electrons. The first-order chi connectivity index (χ1) is 11.2. The van der Waals surface area contributed by atoms with Crippen LogP contribution < -0.4 is 9.47 Å². The summed E-state index contributed by atoms with van der Waals surface area (Å²) in [6.07, 6.45) is 5.50. The average Bonchev–Trinajstić information content (AvgIpc) is 2.58. The SMILES string of the molecule is COc1ccc2cc1Oc1ccc(cc1)CC[C@@H](O)CCCC2. The Labute approximate surface area is 137 Å². The van der Waals surface area contributed by atoms with E-state index in [0.29, 0.717) is 0 Å². The van der Waals surface area contributed by atoms with Crippen LogP contribution in [0.4, 0.5) is 0 Å². The zero-order chi connectivity index (χ0) is 16.1. The molecule has 0 saturated heterocycles. The van der Waals surface area contributed by atoms with Crippen LogP contribution in [0.3, 0.4) is 0 Å². The molecule has 2 aromatic rings. The summed E-state index contributed by atoms with van der Waals surface area (Å²) in [4.78, 5) is 0. The zero-order valence-corrected chi connectivity index (χ0v) is 13.6. The van der Waals surface area contributed by atoms with Crippen LogP contribution in [-0.2, 0) is 12.8 Å². The van der Waals surface area contributed by atoms with Crippen LogP contribution in [0.5, 0.6) is 17.2 Å². The van der Waals surface area contributed by atoms with Crippen molar-refractivity contribution >= 4 is 0 Å². The predicted octanol–water partition coefficient (Wildman–Crippen LogP) is 4.51. The van der Waals surface area contributed by atoms with Crippen molar-refractivity contribution in [1.82, 2.24) is 0 Å². The molecule has 0 amide bonds. The van der Waals surface area contributed by atoms with E-state index in [1.54, 1.807) is 7.11 Å². The smallest absolute Gasteiger partial charge is 0.169 e. The number of rotatable bonds is 1. The van der Waals surface area contributed by atoms with E-state index in [4.69, 9.17) is 9.47 Å². The van der Waals surface area contributed by atoms with Gasteiger partial charge in [0.25, 0.3) is 0 Å². The van der Waals surface area contributed by atoms with Gasteiger partial charge in [-0.25, -0.2) is 0 Å². The minimum atomic E-state index is -0.206. The van der Waals surface area contributed by atoms with Gasteiger partial charge in [0.1, 0.15) is 5.75 Å². The van der Waals surface area contributed by atoms with Gasteiger partial charge in [0.15, 0.2) is 11.5 Å². The molecule has 4 bridgehead atoms. The molecule has 4 rings (SSSR count). The summed E-state index contributed by atoms with van der Waals surface area (Å²) in [6.45, 7) is 0. The average molecular weight is 312 g/mol. The van der Waals surface area contributed by atoms with Gasteiger partial charge < -0.3 is 14.6 Å². The topological polar surface area (TPSA) is 38.7 Å². The van der Waals surface area contributed by atoms with Crippen LogP contribution in [-0.4, -0.2) is 18.3 Å². The van der Waals surface area contributed by atoms with Crippen molar-refractivity contribution in [1.29, 1.82) is 0 Å². The first-order valence-corrected chi connectivity index (χ1v) is 8.36. The Morgan fingerprint density at radius 1 is 0.957 bits per heavy atom. The summed E-state index contributed by atoms with van der Waals surface area (Å²) in [7, 11) is 1.66. The van der Waals surface area contributed by atoms with Crippen LogP contribution in [0.15, 0.2) is 42.5 Å². The second kappa shape index (κ2) is 7.51. The third-order valence-electron chi connectivity index (χ3n) is 4.40. The van der Waals surface area contributed by atoms with Gasteiger partial charge in [-0.3, -0.25) is 0 Å². The van der Waals surface area contributed by atoms with Crippen LogP contribution in [0.2, 0.25) is 0 Å². The maximum Gasteiger partial charge on any atom is 0.169 e. The van der Waals surface area contributed by atoms with E-state index < -0.39 is 0 Å². The van der Waals surface area contributed by atoms with Crippen LogP contribution in [0, 0.1) is 0 Å².